The standard InChI is InChI=1S/C21H42O5P2S/c1-5-8-9-10-11-12-13-14-15-16-18-29-19-17-21(27-22,25-7-3)28(23,24)26-20(4)6-2/h17,19-20H,5-16,18H2,1-4H3,(H,23,24). The molecule has 0 aliphatic heterocycles. The van der Waals surface area contributed by atoms with Crippen LogP contribution in [0.15, 0.2) is 11.5 Å². The van der Waals surface area contributed by atoms with Crippen molar-refractivity contribution in [2.75, 3.05) is 12.4 Å². The lowest BCUT2D eigenvalue weighted by atomic mass is 10.1. The van der Waals surface area contributed by atoms with E-state index < -0.39 is 27.2 Å². The Morgan fingerprint density at radius 1 is 1.03 bits per heavy atom. The monoisotopic (exact) mass is 468 g/mol. The predicted molar refractivity (Wildman–Crippen MR) is 126 cm³/mol. The number of thioether (sulfide) groups is 1. The molecule has 0 heterocycles. The summed E-state index contributed by atoms with van der Waals surface area (Å²) in [5.41, 5.74) is 0. The first-order valence-electron chi connectivity index (χ1n) is 11.2. The lowest BCUT2D eigenvalue weighted by Crippen LogP contribution is -2.26. The lowest BCUT2D eigenvalue weighted by molar-refractivity contribution is 0.0776. The van der Waals surface area contributed by atoms with Crippen molar-refractivity contribution in [3.63, 3.8) is 0 Å². The van der Waals surface area contributed by atoms with E-state index in [-0.39, 0.29) is 6.61 Å². The van der Waals surface area contributed by atoms with E-state index in [1.807, 2.05) is 6.92 Å². The zero-order chi connectivity index (χ0) is 22.0. The fourth-order valence-corrected chi connectivity index (χ4v) is 6.03. The van der Waals surface area contributed by atoms with Gasteiger partial charge in [0.25, 0.3) is 5.08 Å². The Hall–Kier alpha value is 0.300. The Balaban J connectivity index is 4.26. The van der Waals surface area contributed by atoms with Gasteiger partial charge in [0.15, 0.2) is 0 Å². The summed E-state index contributed by atoms with van der Waals surface area (Å²) in [5, 5.41) is -0.118. The first-order valence-corrected chi connectivity index (χ1v) is 14.6. The van der Waals surface area contributed by atoms with Gasteiger partial charge in [-0.3, -0.25) is 9.13 Å². The number of unbranched alkanes of at least 4 members (excludes halogenated alkanes) is 9. The molecule has 1 N–H and O–H groups in total. The van der Waals surface area contributed by atoms with E-state index in [2.05, 4.69) is 6.92 Å². The van der Waals surface area contributed by atoms with Crippen molar-refractivity contribution in [1.29, 1.82) is 0 Å². The quantitative estimate of drug-likeness (QED) is 0.144. The van der Waals surface area contributed by atoms with E-state index in [1.165, 1.54) is 63.9 Å². The Bertz CT molecular complexity index is 490. The minimum absolute atomic E-state index is 0.164. The van der Waals surface area contributed by atoms with Crippen LogP contribution < -0.4 is 0 Å². The molecular weight excluding hydrogens is 426 g/mol. The van der Waals surface area contributed by atoms with Gasteiger partial charge in [-0.1, -0.05) is 71.6 Å². The summed E-state index contributed by atoms with van der Waals surface area (Å²) in [7, 11) is -4.83. The summed E-state index contributed by atoms with van der Waals surface area (Å²) >= 11 is 1.55. The number of hydrogen-bond donors (Lipinski definition) is 1. The second-order valence-electron chi connectivity index (χ2n) is 7.38. The summed E-state index contributed by atoms with van der Waals surface area (Å²) in [6.45, 7) is 7.68. The molecule has 0 amide bonds. The third-order valence-corrected chi connectivity index (χ3v) is 8.92. The molecule has 0 aromatic carbocycles. The molecule has 0 aromatic rings. The van der Waals surface area contributed by atoms with Crippen molar-refractivity contribution in [3.8, 4) is 0 Å². The van der Waals surface area contributed by atoms with Gasteiger partial charge < -0.3 is 14.2 Å². The maximum absolute atomic E-state index is 12.7. The van der Waals surface area contributed by atoms with E-state index in [4.69, 9.17) is 9.26 Å². The molecule has 0 aliphatic rings. The summed E-state index contributed by atoms with van der Waals surface area (Å²) in [5.74, 6) is 0.924. The van der Waals surface area contributed by atoms with Crippen LogP contribution in [0.1, 0.15) is 98.3 Å². The summed E-state index contributed by atoms with van der Waals surface area (Å²) in [4.78, 5) is 10.4. The van der Waals surface area contributed by atoms with Gasteiger partial charge >= 0.3 is 7.60 Å². The molecule has 0 saturated carbocycles. The molecule has 0 rings (SSSR count). The average molecular weight is 469 g/mol. The predicted octanol–water partition coefficient (Wildman–Crippen LogP) is 8.14. The van der Waals surface area contributed by atoms with E-state index in [9.17, 15) is 14.0 Å². The smallest absolute Gasteiger partial charge is 0.349 e. The van der Waals surface area contributed by atoms with E-state index >= 15 is 0 Å². The van der Waals surface area contributed by atoms with E-state index in [0.29, 0.717) is 6.42 Å². The Morgan fingerprint density at radius 3 is 2.07 bits per heavy atom. The Labute approximate surface area is 184 Å². The highest BCUT2D eigenvalue weighted by Crippen LogP contribution is 2.63. The van der Waals surface area contributed by atoms with Gasteiger partial charge in [-0.05, 0) is 43.9 Å². The fraction of sp³-hybridized carbons (Fsp3) is 0.905. The summed E-state index contributed by atoms with van der Waals surface area (Å²) in [6, 6.07) is 0. The average Bonchev–Trinajstić information content (AvgIpc) is 2.70. The molecule has 0 spiro atoms. The first-order chi connectivity index (χ1) is 13.9. The van der Waals surface area contributed by atoms with Gasteiger partial charge in [-0.15, -0.1) is 11.8 Å². The van der Waals surface area contributed by atoms with Crippen molar-refractivity contribution >= 4 is 27.8 Å². The van der Waals surface area contributed by atoms with Crippen LogP contribution in [0.25, 0.3) is 0 Å². The fourth-order valence-electron chi connectivity index (χ4n) is 2.82. The zero-order valence-corrected chi connectivity index (χ0v) is 21.4. The molecule has 172 valence electrons. The van der Waals surface area contributed by atoms with Crippen LogP contribution in [-0.4, -0.2) is 28.4 Å². The lowest BCUT2D eigenvalue weighted by Gasteiger charge is -2.29. The third-order valence-electron chi connectivity index (χ3n) is 4.79. The van der Waals surface area contributed by atoms with Crippen LogP contribution in [0.4, 0.5) is 0 Å². The molecular formula is C21H42O5P2S. The highest BCUT2D eigenvalue weighted by atomic mass is 32.2. The molecule has 0 aromatic heterocycles. The van der Waals surface area contributed by atoms with Gasteiger partial charge in [0.05, 0.1) is 6.10 Å². The van der Waals surface area contributed by atoms with Crippen LogP contribution in [0.3, 0.4) is 0 Å². The van der Waals surface area contributed by atoms with Gasteiger partial charge in [0.2, 0.25) is 8.46 Å². The minimum Gasteiger partial charge on any atom is -0.349 e. The SMILES string of the molecule is CCCCCCCCCCCCSC=CC(OCC)(P=O)P(=O)(O)OC(C)CC. The zero-order valence-electron chi connectivity index (χ0n) is 18.8. The number of ether oxygens (including phenoxy) is 1. The Kier molecular flexibility index (Phi) is 18.1. The topological polar surface area (TPSA) is 72.8 Å². The maximum atomic E-state index is 12.7. The van der Waals surface area contributed by atoms with Crippen molar-refractivity contribution in [3.05, 3.63) is 11.5 Å². The molecule has 0 saturated heterocycles. The van der Waals surface area contributed by atoms with Crippen molar-refractivity contribution in [1.82, 2.24) is 0 Å². The van der Waals surface area contributed by atoms with Crippen molar-refractivity contribution in [2.45, 2.75) is 110 Å². The van der Waals surface area contributed by atoms with Crippen LogP contribution in [-0.2, 0) is 18.4 Å². The van der Waals surface area contributed by atoms with Gasteiger partial charge in [-0.2, -0.15) is 0 Å². The van der Waals surface area contributed by atoms with E-state index in [0.717, 1.165) is 12.2 Å². The van der Waals surface area contributed by atoms with Crippen LogP contribution in [0.2, 0.25) is 0 Å². The number of hydrogen-bond acceptors (Lipinski definition) is 5. The highest BCUT2D eigenvalue weighted by Gasteiger charge is 2.50. The van der Waals surface area contributed by atoms with Gasteiger partial charge in [0, 0.05) is 6.61 Å². The second kappa shape index (κ2) is 17.9. The second-order valence-corrected chi connectivity index (χ2v) is 11.5. The molecule has 5 nitrogen and oxygen atoms in total. The van der Waals surface area contributed by atoms with Crippen molar-refractivity contribution < 1.29 is 23.3 Å². The summed E-state index contributed by atoms with van der Waals surface area (Å²) in [6.07, 6.45) is 14.5. The molecule has 0 aliphatic carbocycles. The van der Waals surface area contributed by atoms with Crippen LogP contribution in [0.5, 0.6) is 0 Å². The molecule has 0 radical (unpaired) electrons. The molecule has 3 atom stereocenters. The molecule has 0 fully saturated rings. The third kappa shape index (κ3) is 12.7. The normalized spacial score (nSPS) is 17.4. The first kappa shape index (κ1) is 29.3. The summed E-state index contributed by atoms with van der Waals surface area (Å²) < 4.78 is 35.2. The van der Waals surface area contributed by atoms with Crippen LogP contribution >= 0.6 is 27.8 Å². The highest BCUT2D eigenvalue weighted by molar-refractivity contribution is 8.02. The molecule has 8 heteroatoms. The number of rotatable bonds is 20. The Morgan fingerprint density at radius 2 is 1.59 bits per heavy atom. The molecule has 0 bridgehead atoms. The maximum Gasteiger partial charge on any atom is 0.376 e. The molecule has 3 unspecified atom stereocenters. The minimum atomic E-state index is -4.25. The van der Waals surface area contributed by atoms with Gasteiger partial charge in [0.1, 0.15) is 0 Å². The van der Waals surface area contributed by atoms with Crippen molar-refractivity contribution in [2.24, 2.45) is 0 Å². The van der Waals surface area contributed by atoms with Gasteiger partial charge in [-0.25, -0.2) is 0 Å². The molecule has 29 heavy (non-hydrogen) atoms. The largest absolute Gasteiger partial charge is 0.376 e. The van der Waals surface area contributed by atoms with Crippen LogP contribution in [0, 0.1) is 0 Å². The van der Waals surface area contributed by atoms with E-state index in [1.54, 1.807) is 31.0 Å².